The smallest absolute Gasteiger partial charge is 0.0594 e. The van der Waals surface area contributed by atoms with Crippen molar-refractivity contribution < 1.29 is 48.8 Å². The molecule has 0 N–H and O–H groups in total. The van der Waals surface area contributed by atoms with Crippen molar-refractivity contribution in [3.63, 3.8) is 0 Å². The van der Waals surface area contributed by atoms with Gasteiger partial charge in [0.25, 0.3) is 0 Å². The Bertz CT molecular complexity index is 86.5. The van der Waals surface area contributed by atoms with Crippen molar-refractivity contribution in [3.8, 4) is 0 Å². The van der Waals surface area contributed by atoms with Crippen molar-refractivity contribution in [2.45, 2.75) is 0 Å². The van der Waals surface area contributed by atoms with Crippen LogP contribution in [0, 0.1) is 44.1 Å². The molecule has 0 atom stereocenters. The molecule has 11 heavy (non-hydrogen) atoms. The van der Waals surface area contributed by atoms with Gasteiger partial charge < -0.3 is 15.0 Å². The molecule has 1 rings (SSSR count). The van der Waals surface area contributed by atoms with Gasteiger partial charge in [0.1, 0.15) is 0 Å². The molecular formula is C7H15AcN2O-. The number of morpholine rings is 1. The van der Waals surface area contributed by atoms with Crippen LogP contribution in [0.4, 0.5) is 0 Å². The third-order valence-corrected chi connectivity index (χ3v) is 1.74. The van der Waals surface area contributed by atoms with Gasteiger partial charge in [0.05, 0.1) is 13.2 Å². The van der Waals surface area contributed by atoms with E-state index >= 15 is 0 Å². The van der Waals surface area contributed by atoms with Gasteiger partial charge in [0.2, 0.25) is 0 Å². The van der Waals surface area contributed by atoms with E-state index in [-0.39, 0.29) is 44.1 Å². The Morgan fingerprint density at radius 2 is 2.00 bits per heavy atom. The minimum Gasteiger partial charge on any atom is -0.664 e. The molecule has 1 heterocycles. The molecule has 1 aliphatic rings. The molecule has 0 amide bonds. The number of ether oxygens (including phenoxy) is 1. The first-order valence-corrected chi connectivity index (χ1v) is 3.79. The normalized spacial score (nSPS) is 19.4. The second kappa shape index (κ2) is 7.94. The summed E-state index contributed by atoms with van der Waals surface area (Å²) in [5.74, 6) is 0. The van der Waals surface area contributed by atoms with Crippen LogP contribution in [0.5, 0.6) is 0 Å². The maximum absolute atomic E-state index is 5.21. The predicted octanol–water partition coefficient (Wildman–Crippen LogP) is 0.322. The van der Waals surface area contributed by atoms with Crippen LogP contribution >= 0.6 is 0 Å². The van der Waals surface area contributed by atoms with E-state index < -0.39 is 0 Å². The molecule has 0 aromatic rings. The van der Waals surface area contributed by atoms with Crippen molar-refractivity contribution in [2.24, 2.45) is 0 Å². The molecule has 1 radical (unpaired) electrons. The maximum Gasteiger partial charge on any atom is 0.0594 e. The van der Waals surface area contributed by atoms with Gasteiger partial charge in [0, 0.05) is 57.2 Å². The van der Waals surface area contributed by atoms with Crippen molar-refractivity contribution >= 4 is 0 Å². The average Bonchev–Trinajstić information content (AvgIpc) is 2.03. The van der Waals surface area contributed by atoms with Crippen LogP contribution in [0.25, 0.3) is 5.32 Å². The molecule has 1 aliphatic heterocycles. The van der Waals surface area contributed by atoms with Crippen molar-refractivity contribution in [3.05, 3.63) is 5.32 Å². The first-order chi connectivity index (χ1) is 4.93. The van der Waals surface area contributed by atoms with Gasteiger partial charge in [-0.2, -0.15) is 7.05 Å². The third kappa shape index (κ3) is 5.54. The minimum atomic E-state index is 0. The fourth-order valence-corrected chi connectivity index (χ4v) is 1.07. The van der Waals surface area contributed by atoms with Gasteiger partial charge >= 0.3 is 0 Å². The fourth-order valence-electron chi connectivity index (χ4n) is 1.07. The summed E-state index contributed by atoms with van der Waals surface area (Å²) in [5, 5.41) is 4.05. The minimum absolute atomic E-state index is 0. The fraction of sp³-hybridized carbons (Fsp3) is 1.00. The summed E-state index contributed by atoms with van der Waals surface area (Å²) in [7, 11) is 1.86. The molecule has 0 bridgehead atoms. The van der Waals surface area contributed by atoms with Gasteiger partial charge in [-0.3, -0.25) is 0 Å². The van der Waals surface area contributed by atoms with E-state index in [0.717, 1.165) is 39.4 Å². The van der Waals surface area contributed by atoms with Crippen LogP contribution in [0.15, 0.2) is 0 Å². The first-order valence-electron chi connectivity index (χ1n) is 3.79. The zero-order valence-electron chi connectivity index (χ0n) is 7.12. The number of hydrogen-bond acceptors (Lipinski definition) is 2. The summed E-state index contributed by atoms with van der Waals surface area (Å²) in [6, 6.07) is 0. The third-order valence-electron chi connectivity index (χ3n) is 1.74. The average molecular weight is 370 g/mol. The molecule has 0 aromatic carbocycles. The molecule has 0 aromatic heterocycles. The van der Waals surface area contributed by atoms with Crippen LogP contribution in [0.2, 0.25) is 0 Å². The van der Waals surface area contributed by atoms with Crippen molar-refractivity contribution in [2.75, 3.05) is 46.4 Å². The first kappa shape index (κ1) is 12.3. The Morgan fingerprint density at radius 1 is 1.36 bits per heavy atom. The van der Waals surface area contributed by atoms with E-state index in [1.807, 2.05) is 7.05 Å². The Balaban J connectivity index is 0.000001000. The van der Waals surface area contributed by atoms with Crippen LogP contribution in [0.1, 0.15) is 0 Å². The van der Waals surface area contributed by atoms with Crippen LogP contribution < -0.4 is 0 Å². The molecule has 63 valence electrons. The van der Waals surface area contributed by atoms with E-state index in [1.165, 1.54) is 0 Å². The molecule has 1 fully saturated rings. The second-order valence-electron chi connectivity index (χ2n) is 2.49. The van der Waals surface area contributed by atoms with Gasteiger partial charge in [-0.25, -0.2) is 0 Å². The molecule has 4 heteroatoms. The summed E-state index contributed by atoms with van der Waals surface area (Å²) >= 11 is 0. The topological polar surface area (TPSA) is 26.6 Å². The molecule has 0 saturated carbocycles. The zero-order chi connectivity index (χ0) is 7.23. The van der Waals surface area contributed by atoms with Crippen molar-refractivity contribution in [1.29, 1.82) is 0 Å². The predicted molar refractivity (Wildman–Crippen MR) is 41.4 cm³/mol. The monoisotopic (exact) mass is 370 g/mol. The number of likely N-dealkylation sites (N-methyl/N-ethyl adjacent to an activating group) is 1. The van der Waals surface area contributed by atoms with Crippen LogP contribution in [0.3, 0.4) is 0 Å². The van der Waals surface area contributed by atoms with Gasteiger partial charge in [-0.15, -0.1) is 6.54 Å². The molecule has 0 unspecified atom stereocenters. The number of hydrogen-bond donors (Lipinski definition) is 0. The van der Waals surface area contributed by atoms with Crippen LogP contribution in [-0.2, 0) is 4.74 Å². The SMILES string of the molecule is C[N-]CCN1CCOCC1.[Ac]. The summed E-state index contributed by atoms with van der Waals surface area (Å²) in [6.45, 7) is 6.00. The zero-order valence-corrected chi connectivity index (χ0v) is 11.9. The molecule has 0 spiro atoms. The van der Waals surface area contributed by atoms with E-state index in [0.29, 0.717) is 0 Å². The molecule has 3 nitrogen and oxygen atoms in total. The molecule has 1 saturated heterocycles. The van der Waals surface area contributed by atoms with Crippen LogP contribution in [-0.4, -0.2) is 51.3 Å². The van der Waals surface area contributed by atoms with Gasteiger partial charge in [-0.1, -0.05) is 0 Å². The summed E-state index contributed by atoms with van der Waals surface area (Å²) in [5.41, 5.74) is 0. The van der Waals surface area contributed by atoms with Crippen molar-refractivity contribution in [1.82, 2.24) is 4.90 Å². The number of rotatable bonds is 3. The Morgan fingerprint density at radius 3 is 2.55 bits per heavy atom. The Kier molecular flexibility index (Phi) is 8.90. The van der Waals surface area contributed by atoms with E-state index in [4.69, 9.17) is 4.74 Å². The second-order valence-corrected chi connectivity index (χ2v) is 2.49. The quantitative estimate of drug-likeness (QED) is 0.716. The largest absolute Gasteiger partial charge is 0.664 e. The maximum atomic E-state index is 5.21. The van der Waals surface area contributed by atoms with Gasteiger partial charge in [-0.05, 0) is 6.54 Å². The Hall–Kier alpha value is 1.32. The van der Waals surface area contributed by atoms with Gasteiger partial charge in [0.15, 0.2) is 0 Å². The summed E-state index contributed by atoms with van der Waals surface area (Å²) in [6.07, 6.45) is 0. The van der Waals surface area contributed by atoms with E-state index in [1.54, 1.807) is 0 Å². The summed E-state index contributed by atoms with van der Waals surface area (Å²) < 4.78 is 5.21. The molecular weight excluding hydrogens is 355 g/mol. The molecule has 0 aliphatic carbocycles. The Labute approximate surface area is 104 Å². The van der Waals surface area contributed by atoms with E-state index in [9.17, 15) is 0 Å². The standard InChI is InChI=1S/C7H15N2O.Ac/c1-8-2-3-9-4-6-10-7-5-9;/h2-7H2,1H3;/q-1;. The number of nitrogens with zero attached hydrogens (tertiary/aromatic N) is 2. The van der Waals surface area contributed by atoms with E-state index in [2.05, 4.69) is 10.2 Å². The summed E-state index contributed by atoms with van der Waals surface area (Å²) in [4.78, 5) is 2.39.